The third kappa shape index (κ3) is 2.55. The number of nitrogens with zero attached hydrogens (tertiary/aromatic N) is 2. The van der Waals surface area contributed by atoms with Crippen molar-refractivity contribution >= 4 is 31.9 Å². The standard InChI is InChI=1S/C12H15Br2N3O/c1-7(2)17-12(8(13)6-16-17)11(15-3)9-4-5-10(14)18-9/h4-7,11,15H,1-3H3. The molecule has 0 saturated heterocycles. The van der Waals surface area contributed by atoms with E-state index < -0.39 is 0 Å². The van der Waals surface area contributed by atoms with Crippen molar-refractivity contribution in [2.45, 2.75) is 25.9 Å². The van der Waals surface area contributed by atoms with Crippen LogP contribution in [0.15, 0.2) is 31.9 Å². The van der Waals surface area contributed by atoms with Gasteiger partial charge in [-0.05, 0) is 64.9 Å². The van der Waals surface area contributed by atoms with Crippen molar-refractivity contribution in [1.29, 1.82) is 0 Å². The Kier molecular flexibility index (Phi) is 4.29. The average molecular weight is 377 g/mol. The first kappa shape index (κ1) is 13.8. The maximum atomic E-state index is 5.64. The van der Waals surface area contributed by atoms with Crippen molar-refractivity contribution in [2.24, 2.45) is 0 Å². The van der Waals surface area contributed by atoms with E-state index in [0.29, 0.717) is 6.04 Å². The largest absolute Gasteiger partial charge is 0.452 e. The zero-order chi connectivity index (χ0) is 13.3. The Hall–Kier alpha value is -0.590. The smallest absolute Gasteiger partial charge is 0.169 e. The van der Waals surface area contributed by atoms with Gasteiger partial charge in [0.2, 0.25) is 0 Å². The molecular formula is C12H15Br2N3O. The molecule has 1 N–H and O–H groups in total. The molecule has 2 heterocycles. The van der Waals surface area contributed by atoms with E-state index >= 15 is 0 Å². The van der Waals surface area contributed by atoms with Crippen LogP contribution in [-0.4, -0.2) is 16.8 Å². The van der Waals surface area contributed by atoms with Crippen LogP contribution in [0.4, 0.5) is 0 Å². The molecule has 0 fully saturated rings. The zero-order valence-corrected chi connectivity index (χ0v) is 13.6. The number of hydrogen-bond donors (Lipinski definition) is 1. The Morgan fingerprint density at radius 1 is 1.33 bits per heavy atom. The molecule has 0 aliphatic rings. The van der Waals surface area contributed by atoms with Crippen molar-refractivity contribution in [2.75, 3.05) is 7.05 Å². The molecule has 2 rings (SSSR count). The number of halogens is 2. The highest BCUT2D eigenvalue weighted by atomic mass is 79.9. The van der Waals surface area contributed by atoms with Crippen molar-refractivity contribution in [3.8, 4) is 0 Å². The Labute approximate surface area is 123 Å². The minimum Gasteiger partial charge on any atom is -0.452 e. The molecule has 0 spiro atoms. The molecule has 0 amide bonds. The molecule has 2 aromatic rings. The van der Waals surface area contributed by atoms with Crippen molar-refractivity contribution in [3.63, 3.8) is 0 Å². The lowest BCUT2D eigenvalue weighted by Gasteiger charge is -2.18. The molecule has 6 heteroatoms. The lowest BCUT2D eigenvalue weighted by Crippen LogP contribution is -2.22. The Bertz CT molecular complexity index is 533. The predicted molar refractivity (Wildman–Crippen MR) is 77.6 cm³/mol. The predicted octanol–water partition coefficient (Wildman–Crippen LogP) is 3.89. The lowest BCUT2D eigenvalue weighted by molar-refractivity contribution is 0.416. The second-order valence-corrected chi connectivity index (χ2v) is 5.92. The zero-order valence-electron chi connectivity index (χ0n) is 10.4. The normalized spacial score (nSPS) is 13.2. The second-order valence-electron chi connectivity index (χ2n) is 4.28. The molecule has 1 unspecified atom stereocenters. The van der Waals surface area contributed by atoms with Crippen LogP contribution < -0.4 is 5.32 Å². The summed E-state index contributed by atoms with van der Waals surface area (Å²) in [5.41, 5.74) is 1.06. The van der Waals surface area contributed by atoms with E-state index in [0.717, 1.165) is 20.6 Å². The summed E-state index contributed by atoms with van der Waals surface area (Å²) in [5.74, 6) is 0.854. The van der Waals surface area contributed by atoms with Gasteiger partial charge < -0.3 is 9.73 Å². The fourth-order valence-electron chi connectivity index (χ4n) is 1.93. The molecule has 0 bridgehead atoms. The molecule has 0 aromatic carbocycles. The van der Waals surface area contributed by atoms with Gasteiger partial charge in [-0.15, -0.1) is 0 Å². The topological polar surface area (TPSA) is 43.0 Å². The van der Waals surface area contributed by atoms with E-state index in [4.69, 9.17) is 4.42 Å². The van der Waals surface area contributed by atoms with Crippen LogP contribution in [0.1, 0.15) is 37.4 Å². The Balaban J connectivity index is 2.47. The van der Waals surface area contributed by atoms with E-state index in [1.807, 2.05) is 30.1 Å². The Morgan fingerprint density at radius 2 is 2.06 bits per heavy atom. The molecular weight excluding hydrogens is 362 g/mol. The number of rotatable bonds is 4. The van der Waals surface area contributed by atoms with Crippen LogP contribution in [0.5, 0.6) is 0 Å². The molecule has 0 radical (unpaired) electrons. The van der Waals surface area contributed by atoms with Crippen LogP contribution in [0.2, 0.25) is 0 Å². The molecule has 1 atom stereocenters. The summed E-state index contributed by atoms with van der Waals surface area (Å²) in [4.78, 5) is 0. The van der Waals surface area contributed by atoms with Gasteiger partial charge in [-0.3, -0.25) is 4.68 Å². The SMILES string of the molecule is CNC(c1ccc(Br)o1)c1c(Br)cnn1C(C)C. The van der Waals surface area contributed by atoms with E-state index in [-0.39, 0.29) is 6.04 Å². The average Bonchev–Trinajstić information content (AvgIpc) is 2.88. The van der Waals surface area contributed by atoms with E-state index in [1.54, 1.807) is 0 Å². The van der Waals surface area contributed by atoms with Crippen LogP contribution in [0.25, 0.3) is 0 Å². The van der Waals surface area contributed by atoms with Crippen LogP contribution in [0, 0.1) is 0 Å². The van der Waals surface area contributed by atoms with Gasteiger partial charge in [0.15, 0.2) is 4.67 Å². The highest BCUT2D eigenvalue weighted by molar-refractivity contribution is 9.10. The summed E-state index contributed by atoms with van der Waals surface area (Å²) >= 11 is 6.88. The maximum absolute atomic E-state index is 5.64. The molecule has 98 valence electrons. The first-order valence-electron chi connectivity index (χ1n) is 5.70. The van der Waals surface area contributed by atoms with E-state index in [1.165, 1.54) is 0 Å². The van der Waals surface area contributed by atoms with Gasteiger partial charge >= 0.3 is 0 Å². The molecule has 4 nitrogen and oxygen atoms in total. The Morgan fingerprint density at radius 3 is 2.56 bits per heavy atom. The number of nitrogens with one attached hydrogen (secondary N) is 1. The van der Waals surface area contributed by atoms with Crippen LogP contribution in [-0.2, 0) is 0 Å². The third-order valence-electron chi connectivity index (χ3n) is 2.72. The van der Waals surface area contributed by atoms with Gasteiger partial charge in [0, 0.05) is 6.04 Å². The number of furan rings is 1. The minimum absolute atomic E-state index is 0.0319. The quantitative estimate of drug-likeness (QED) is 0.880. The minimum atomic E-state index is -0.0319. The van der Waals surface area contributed by atoms with Gasteiger partial charge in [-0.2, -0.15) is 5.10 Å². The third-order valence-corrected chi connectivity index (χ3v) is 3.75. The van der Waals surface area contributed by atoms with Crippen LogP contribution in [0.3, 0.4) is 0 Å². The highest BCUT2D eigenvalue weighted by Crippen LogP contribution is 2.31. The number of aromatic nitrogens is 2. The first-order valence-corrected chi connectivity index (χ1v) is 7.28. The summed E-state index contributed by atoms with van der Waals surface area (Å²) < 4.78 is 9.33. The highest BCUT2D eigenvalue weighted by Gasteiger charge is 2.24. The lowest BCUT2D eigenvalue weighted by atomic mass is 10.1. The monoisotopic (exact) mass is 375 g/mol. The van der Waals surface area contributed by atoms with Gasteiger partial charge in [-0.25, -0.2) is 0 Å². The van der Waals surface area contributed by atoms with E-state index in [2.05, 4.69) is 56.1 Å². The van der Waals surface area contributed by atoms with Crippen molar-refractivity contribution in [3.05, 3.63) is 38.9 Å². The van der Waals surface area contributed by atoms with Crippen molar-refractivity contribution < 1.29 is 4.42 Å². The maximum Gasteiger partial charge on any atom is 0.169 e. The summed E-state index contributed by atoms with van der Waals surface area (Å²) in [6, 6.07) is 4.11. The van der Waals surface area contributed by atoms with Gasteiger partial charge in [0.25, 0.3) is 0 Å². The molecule has 0 aliphatic carbocycles. The van der Waals surface area contributed by atoms with Crippen LogP contribution >= 0.6 is 31.9 Å². The summed E-state index contributed by atoms with van der Waals surface area (Å²) in [7, 11) is 1.91. The second kappa shape index (κ2) is 5.59. The van der Waals surface area contributed by atoms with E-state index in [9.17, 15) is 0 Å². The molecule has 0 saturated carbocycles. The van der Waals surface area contributed by atoms with Gasteiger partial charge in [0.1, 0.15) is 11.8 Å². The molecule has 2 aromatic heterocycles. The fraction of sp³-hybridized carbons (Fsp3) is 0.417. The van der Waals surface area contributed by atoms with Gasteiger partial charge in [0.05, 0.1) is 16.4 Å². The molecule has 18 heavy (non-hydrogen) atoms. The number of hydrogen-bond acceptors (Lipinski definition) is 3. The van der Waals surface area contributed by atoms with Crippen molar-refractivity contribution in [1.82, 2.24) is 15.1 Å². The summed E-state index contributed by atoms with van der Waals surface area (Å²) in [6.07, 6.45) is 1.82. The molecule has 0 aliphatic heterocycles. The first-order chi connectivity index (χ1) is 8.54. The van der Waals surface area contributed by atoms with Gasteiger partial charge in [-0.1, -0.05) is 0 Å². The summed E-state index contributed by atoms with van der Waals surface area (Å²) in [6.45, 7) is 4.21. The fourth-order valence-corrected chi connectivity index (χ4v) is 2.75. The summed E-state index contributed by atoms with van der Waals surface area (Å²) in [5, 5.41) is 7.66.